The van der Waals surface area contributed by atoms with Gasteiger partial charge in [0.1, 0.15) is 11.5 Å². The van der Waals surface area contributed by atoms with Crippen molar-refractivity contribution >= 4 is 11.8 Å². The first-order chi connectivity index (χ1) is 13.4. The number of piperidine rings is 1. The first kappa shape index (κ1) is 17.3. The van der Waals surface area contributed by atoms with Gasteiger partial charge in [0.05, 0.1) is 19.1 Å². The van der Waals surface area contributed by atoms with E-state index in [9.17, 15) is 9.59 Å². The van der Waals surface area contributed by atoms with E-state index in [0.29, 0.717) is 43.1 Å². The fourth-order valence-electron chi connectivity index (χ4n) is 8.18. The first-order valence-electron chi connectivity index (χ1n) is 10.9. The van der Waals surface area contributed by atoms with Gasteiger partial charge in [-0.2, -0.15) is 0 Å². The van der Waals surface area contributed by atoms with Gasteiger partial charge in [0.25, 0.3) is 0 Å². The van der Waals surface area contributed by atoms with Crippen LogP contribution in [-0.2, 0) is 19.1 Å². The molecule has 0 N–H and O–H groups in total. The van der Waals surface area contributed by atoms with Crippen LogP contribution in [0.5, 0.6) is 0 Å². The third-order valence-corrected chi connectivity index (χ3v) is 9.39. The Bertz CT molecular complexity index is 872. The number of esters is 1. The Morgan fingerprint density at radius 3 is 2.89 bits per heavy atom. The predicted molar refractivity (Wildman–Crippen MR) is 102 cm³/mol. The van der Waals surface area contributed by atoms with E-state index in [1.807, 2.05) is 0 Å². The Kier molecular flexibility index (Phi) is 3.26. The lowest BCUT2D eigenvalue weighted by atomic mass is 9.45. The molecule has 1 saturated carbocycles. The highest BCUT2D eigenvalue weighted by atomic mass is 16.5. The van der Waals surface area contributed by atoms with Crippen molar-refractivity contribution in [3.63, 3.8) is 0 Å². The zero-order valence-electron chi connectivity index (χ0n) is 17.0. The third kappa shape index (κ3) is 1.67. The molecule has 3 aliphatic carbocycles. The van der Waals surface area contributed by atoms with Gasteiger partial charge in [-0.1, -0.05) is 13.8 Å². The van der Waals surface area contributed by atoms with Crippen molar-refractivity contribution < 1.29 is 19.1 Å². The number of hydrogen-bond acceptors (Lipinski definition) is 5. The monoisotopic (exact) mass is 383 g/mol. The third-order valence-electron chi connectivity index (χ3n) is 9.39. The highest BCUT2D eigenvalue weighted by molar-refractivity contribution is 6.01. The molecule has 3 aliphatic heterocycles. The van der Waals surface area contributed by atoms with Crippen molar-refractivity contribution in [2.24, 2.45) is 28.6 Å². The molecule has 1 spiro atoms. The number of fused-ring (bicyclic) bond motifs is 1. The summed E-state index contributed by atoms with van der Waals surface area (Å²) < 4.78 is 11.4. The van der Waals surface area contributed by atoms with Crippen LogP contribution in [0, 0.1) is 28.6 Å². The van der Waals surface area contributed by atoms with Gasteiger partial charge < -0.3 is 9.47 Å². The van der Waals surface area contributed by atoms with Crippen LogP contribution in [0.2, 0.25) is 0 Å². The normalized spacial score (nSPS) is 46.3. The maximum Gasteiger partial charge on any atom is 0.334 e. The van der Waals surface area contributed by atoms with Crippen LogP contribution in [0.1, 0.15) is 46.0 Å². The number of Topliss-reactive ketones (excluding diaryl/α,β-unsaturated/α-hetero) is 1. The largest absolute Gasteiger partial charge is 0.497 e. The van der Waals surface area contributed by atoms with Crippen LogP contribution < -0.4 is 0 Å². The molecule has 2 bridgehead atoms. The van der Waals surface area contributed by atoms with E-state index in [4.69, 9.17) is 9.47 Å². The molecular weight excluding hydrogens is 354 g/mol. The van der Waals surface area contributed by atoms with Gasteiger partial charge in [-0.05, 0) is 36.7 Å². The van der Waals surface area contributed by atoms with E-state index in [-0.39, 0.29) is 17.3 Å². The number of ketones is 1. The standard InChI is InChI=1S/C23H29NO4/c1-12-10-24-11-13-4-5-17-19-14(6-7-28-17)16(21(26)27-3)9-23(19)20(25)15(12)8-18(24)22(13,23)2/h12-13,15,18H,4-11H2,1-3H3/t12?,13?,15?,18?,22-,23+/m1/s1. The summed E-state index contributed by atoms with van der Waals surface area (Å²) in [7, 11) is 1.46. The highest BCUT2D eigenvalue weighted by Gasteiger charge is 2.74. The zero-order valence-corrected chi connectivity index (χ0v) is 17.0. The molecule has 0 aromatic rings. The Hall–Kier alpha value is -1.62. The molecule has 2 saturated heterocycles. The summed E-state index contributed by atoms with van der Waals surface area (Å²) in [5, 5.41) is 0. The number of methoxy groups -OCH3 is 1. The molecule has 0 radical (unpaired) electrons. The zero-order chi connectivity index (χ0) is 19.4. The smallest absolute Gasteiger partial charge is 0.334 e. The van der Waals surface area contributed by atoms with E-state index in [1.54, 1.807) is 0 Å². The van der Waals surface area contributed by atoms with Gasteiger partial charge in [-0.3, -0.25) is 9.69 Å². The number of ether oxygens (including phenoxy) is 2. The number of rotatable bonds is 1. The molecule has 6 aliphatic rings. The number of carbonyl (C=O) groups is 2. The maximum atomic E-state index is 14.3. The molecular formula is C23H29NO4. The van der Waals surface area contributed by atoms with Gasteiger partial charge in [-0.25, -0.2) is 4.79 Å². The quantitative estimate of drug-likeness (QED) is 0.652. The molecule has 150 valence electrons. The van der Waals surface area contributed by atoms with Crippen molar-refractivity contribution in [2.45, 2.75) is 52.0 Å². The summed E-state index contributed by atoms with van der Waals surface area (Å²) in [5.74, 6) is 2.09. The summed E-state index contributed by atoms with van der Waals surface area (Å²) in [6, 6.07) is 0.434. The van der Waals surface area contributed by atoms with Crippen molar-refractivity contribution in [3.05, 3.63) is 22.5 Å². The minimum Gasteiger partial charge on any atom is -0.497 e. The molecule has 3 fully saturated rings. The van der Waals surface area contributed by atoms with Gasteiger partial charge in [0, 0.05) is 54.5 Å². The Labute approximate surface area is 166 Å². The lowest BCUT2D eigenvalue weighted by Gasteiger charge is -2.59. The van der Waals surface area contributed by atoms with E-state index in [2.05, 4.69) is 18.7 Å². The van der Waals surface area contributed by atoms with Gasteiger partial charge in [-0.15, -0.1) is 0 Å². The van der Waals surface area contributed by atoms with E-state index in [1.165, 1.54) is 7.11 Å². The summed E-state index contributed by atoms with van der Waals surface area (Å²) in [4.78, 5) is 29.7. The van der Waals surface area contributed by atoms with Crippen molar-refractivity contribution in [1.82, 2.24) is 4.90 Å². The fraction of sp³-hybridized carbons (Fsp3) is 0.739. The first-order valence-corrected chi connectivity index (χ1v) is 10.9. The van der Waals surface area contributed by atoms with Gasteiger partial charge in [0.15, 0.2) is 0 Å². The van der Waals surface area contributed by atoms with E-state index in [0.717, 1.165) is 54.8 Å². The number of nitrogens with zero attached hydrogens (tertiary/aromatic N) is 1. The van der Waals surface area contributed by atoms with Gasteiger partial charge >= 0.3 is 5.97 Å². The second kappa shape index (κ2) is 5.29. The van der Waals surface area contributed by atoms with Crippen molar-refractivity contribution in [3.8, 4) is 0 Å². The summed E-state index contributed by atoms with van der Waals surface area (Å²) in [6.45, 7) is 7.34. The predicted octanol–water partition coefficient (Wildman–Crippen LogP) is 2.86. The molecule has 4 unspecified atom stereocenters. The van der Waals surface area contributed by atoms with Crippen molar-refractivity contribution in [2.75, 3.05) is 26.8 Å². The molecule has 28 heavy (non-hydrogen) atoms. The highest BCUT2D eigenvalue weighted by Crippen LogP contribution is 2.72. The van der Waals surface area contributed by atoms with E-state index >= 15 is 0 Å². The second-order valence-corrected chi connectivity index (χ2v) is 10.1. The molecule has 0 aromatic heterocycles. The summed E-state index contributed by atoms with van der Waals surface area (Å²) in [5.41, 5.74) is 2.22. The molecule has 0 amide bonds. The number of carbonyl (C=O) groups excluding carboxylic acids is 2. The summed E-state index contributed by atoms with van der Waals surface area (Å²) >= 11 is 0. The molecule has 3 heterocycles. The lowest BCUT2D eigenvalue weighted by Crippen LogP contribution is -2.65. The van der Waals surface area contributed by atoms with Crippen LogP contribution in [0.3, 0.4) is 0 Å². The average molecular weight is 383 g/mol. The van der Waals surface area contributed by atoms with Crippen molar-refractivity contribution in [1.29, 1.82) is 0 Å². The maximum absolute atomic E-state index is 14.3. The van der Waals surface area contributed by atoms with Crippen LogP contribution in [0.4, 0.5) is 0 Å². The minimum atomic E-state index is -0.597. The van der Waals surface area contributed by atoms with Crippen LogP contribution in [0.25, 0.3) is 0 Å². The number of allylic oxidation sites excluding steroid dienone is 2. The Morgan fingerprint density at radius 2 is 2.11 bits per heavy atom. The molecule has 0 aromatic carbocycles. The molecule has 6 atom stereocenters. The van der Waals surface area contributed by atoms with Crippen LogP contribution in [-0.4, -0.2) is 49.5 Å². The van der Waals surface area contributed by atoms with Crippen LogP contribution in [0.15, 0.2) is 22.5 Å². The number of hydrogen-bond donors (Lipinski definition) is 0. The molecule has 5 heteroatoms. The summed E-state index contributed by atoms with van der Waals surface area (Å²) in [6.07, 6.45) is 4.20. The SMILES string of the molecule is COC(=O)C1=C2CCOC3=C2[C@@]2(C1)C(=O)C1CC4N(CC1C)CC(CC3)[C@]42C. The molecule has 6 rings (SSSR count). The minimum absolute atomic E-state index is 0.0973. The lowest BCUT2D eigenvalue weighted by molar-refractivity contribution is -0.157. The second-order valence-electron chi connectivity index (χ2n) is 10.1. The fourth-order valence-corrected chi connectivity index (χ4v) is 8.18. The van der Waals surface area contributed by atoms with Gasteiger partial charge in [0.2, 0.25) is 0 Å². The molecule has 5 nitrogen and oxygen atoms in total. The average Bonchev–Trinajstić information content (AvgIpc) is 3.16. The Balaban J connectivity index is 1.65. The topological polar surface area (TPSA) is 55.8 Å². The Morgan fingerprint density at radius 1 is 1.29 bits per heavy atom. The van der Waals surface area contributed by atoms with Crippen LogP contribution >= 0.6 is 0 Å². The van der Waals surface area contributed by atoms with E-state index < -0.39 is 5.41 Å².